The zero-order valence-corrected chi connectivity index (χ0v) is 17.3. The monoisotopic (exact) mass is 430 g/mol. The molecule has 2 aromatic carbocycles. The standard InChI is InChI=1S/C20H19ClN4O5/c1-23(11-13-10-22-24(2)12-13)20(26)14-4-6-18(19(8-14)29-3)30-17-7-5-15(21)9-16(17)25(27)28/h4-10,12H,11H2,1-3H3. The molecule has 0 atom stereocenters. The summed E-state index contributed by atoms with van der Waals surface area (Å²) in [5.41, 5.74) is 1.01. The molecule has 0 aliphatic carbocycles. The van der Waals surface area contributed by atoms with Crippen LogP contribution >= 0.6 is 11.6 Å². The third kappa shape index (κ3) is 4.69. The fraction of sp³-hybridized carbons (Fsp3) is 0.200. The molecular formula is C20H19ClN4O5. The van der Waals surface area contributed by atoms with Crippen molar-refractivity contribution in [1.29, 1.82) is 0 Å². The Morgan fingerprint density at radius 3 is 2.60 bits per heavy atom. The molecule has 0 aliphatic heterocycles. The van der Waals surface area contributed by atoms with E-state index in [4.69, 9.17) is 21.1 Å². The zero-order chi connectivity index (χ0) is 21.8. The Bertz CT molecular complexity index is 1100. The lowest BCUT2D eigenvalue weighted by Gasteiger charge is -2.17. The predicted molar refractivity (Wildman–Crippen MR) is 110 cm³/mol. The average Bonchev–Trinajstić information content (AvgIpc) is 3.13. The van der Waals surface area contributed by atoms with Crippen LogP contribution in [0.3, 0.4) is 0 Å². The van der Waals surface area contributed by atoms with E-state index in [1.165, 1.54) is 37.4 Å². The van der Waals surface area contributed by atoms with E-state index in [1.807, 2.05) is 6.20 Å². The van der Waals surface area contributed by atoms with Gasteiger partial charge in [0.2, 0.25) is 5.75 Å². The van der Waals surface area contributed by atoms with Crippen LogP contribution in [0.5, 0.6) is 17.2 Å². The lowest BCUT2D eigenvalue weighted by atomic mass is 10.1. The highest BCUT2D eigenvalue weighted by Gasteiger charge is 2.20. The summed E-state index contributed by atoms with van der Waals surface area (Å²) in [7, 11) is 4.91. The smallest absolute Gasteiger partial charge is 0.313 e. The topological polar surface area (TPSA) is 99.7 Å². The molecule has 0 saturated carbocycles. The molecule has 0 unspecified atom stereocenters. The van der Waals surface area contributed by atoms with Gasteiger partial charge in [0.15, 0.2) is 11.5 Å². The number of aromatic nitrogens is 2. The molecule has 3 rings (SSSR count). The number of hydrogen-bond donors (Lipinski definition) is 0. The lowest BCUT2D eigenvalue weighted by molar-refractivity contribution is -0.385. The van der Waals surface area contributed by atoms with Crippen LogP contribution in [0.25, 0.3) is 0 Å². The number of nitro groups is 1. The van der Waals surface area contributed by atoms with E-state index in [0.29, 0.717) is 12.1 Å². The number of benzene rings is 2. The Morgan fingerprint density at radius 1 is 1.23 bits per heavy atom. The Kier molecular flexibility index (Phi) is 6.22. The van der Waals surface area contributed by atoms with Gasteiger partial charge in [0.1, 0.15) is 0 Å². The lowest BCUT2D eigenvalue weighted by Crippen LogP contribution is -2.26. The van der Waals surface area contributed by atoms with Gasteiger partial charge in [-0.15, -0.1) is 0 Å². The van der Waals surface area contributed by atoms with E-state index >= 15 is 0 Å². The average molecular weight is 431 g/mol. The normalized spacial score (nSPS) is 10.5. The van der Waals surface area contributed by atoms with E-state index in [2.05, 4.69) is 5.10 Å². The summed E-state index contributed by atoms with van der Waals surface area (Å²) in [4.78, 5) is 25.0. The van der Waals surface area contributed by atoms with Gasteiger partial charge in [0.05, 0.1) is 18.2 Å². The number of ether oxygens (including phenoxy) is 2. The molecule has 1 aromatic heterocycles. The number of carbonyl (C=O) groups excluding carboxylic acids is 1. The summed E-state index contributed by atoms with van der Waals surface area (Å²) in [5.74, 6) is 0.283. The summed E-state index contributed by atoms with van der Waals surface area (Å²) < 4.78 is 12.7. The zero-order valence-electron chi connectivity index (χ0n) is 16.5. The molecule has 0 aliphatic rings. The quantitative estimate of drug-likeness (QED) is 0.414. The number of nitrogens with zero attached hydrogens (tertiary/aromatic N) is 4. The highest BCUT2D eigenvalue weighted by molar-refractivity contribution is 6.30. The van der Waals surface area contributed by atoms with Crippen molar-refractivity contribution in [2.45, 2.75) is 6.54 Å². The van der Waals surface area contributed by atoms with Crippen molar-refractivity contribution in [3.63, 3.8) is 0 Å². The van der Waals surface area contributed by atoms with Crippen molar-refractivity contribution < 1.29 is 19.2 Å². The Hall–Kier alpha value is -3.59. The van der Waals surface area contributed by atoms with Gasteiger partial charge in [0, 0.05) is 49.1 Å². The second-order valence-electron chi connectivity index (χ2n) is 6.52. The molecule has 0 bridgehead atoms. The fourth-order valence-electron chi connectivity index (χ4n) is 2.84. The molecular weight excluding hydrogens is 412 g/mol. The first-order valence-electron chi connectivity index (χ1n) is 8.81. The van der Waals surface area contributed by atoms with Crippen LogP contribution in [0.15, 0.2) is 48.8 Å². The summed E-state index contributed by atoms with van der Waals surface area (Å²) in [6.45, 7) is 0.393. The van der Waals surface area contributed by atoms with Crippen molar-refractivity contribution in [1.82, 2.24) is 14.7 Å². The number of methoxy groups -OCH3 is 1. The maximum Gasteiger partial charge on any atom is 0.313 e. The van der Waals surface area contributed by atoms with Crippen LogP contribution in [0.2, 0.25) is 5.02 Å². The van der Waals surface area contributed by atoms with Gasteiger partial charge in [-0.05, 0) is 30.3 Å². The van der Waals surface area contributed by atoms with E-state index in [9.17, 15) is 14.9 Å². The molecule has 0 fully saturated rings. The van der Waals surface area contributed by atoms with Crippen LogP contribution in [0.4, 0.5) is 5.69 Å². The molecule has 9 nitrogen and oxygen atoms in total. The van der Waals surface area contributed by atoms with E-state index in [-0.39, 0.29) is 33.9 Å². The fourth-order valence-corrected chi connectivity index (χ4v) is 3.01. The minimum Gasteiger partial charge on any atom is -0.493 e. The van der Waals surface area contributed by atoms with Gasteiger partial charge < -0.3 is 14.4 Å². The molecule has 3 aromatic rings. The molecule has 0 radical (unpaired) electrons. The van der Waals surface area contributed by atoms with Gasteiger partial charge in [-0.1, -0.05) is 11.6 Å². The number of halogens is 1. The van der Waals surface area contributed by atoms with Gasteiger partial charge in [-0.25, -0.2) is 0 Å². The molecule has 10 heteroatoms. The van der Waals surface area contributed by atoms with Gasteiger partial charge in [-0.3, -0.25) is 19.6 Å². The first kappa shape index (κ1) is 21.1. The molecule has 0 spiro atoms. The number of amides is 1. The maximum atomic E-state index is 12.8. The Balaban J connectivity index is 1.83. The maximum absolute atomic E-state index is 12.8. The second-order valence-corrected chi connectivity index (χ2v) is 6.96. The molecule has 0 N–H and O–H groups in total. The largest absolute Gasteiger partial charge is 0.493 e. The van der Waals surface area contributed by atoms with Gasteiger partial charge in [0.25, 0.3) is 5.91 Å². The number of carbonyl (C=O) groups is 1. The summed E-state index contributed by atoms with van der Waals surface area (Å²) in [6.07, 6.45) is 3.53. The summed E-state index contributed by atoms with van der Waals surface area (Å²) in [6, 6.07) is 8.72. The van der Waals surface area contributed by atoms with Crippen LogP contribution in [0, 0.1) is 10.1 Å². The highest BCUT2D eigenvalue weighted by Crippen LogP contribution is 2.38. The second kappa shape index (κ2) is 8.83. The minimum absolute atomic E-state index is 0.00970. The summed E-state index contributed by atoms with van der Waals surface area (Å²) >= 11 is 5.83. The van der Waals surface area contributed by atoms with Crippen molar-refractivity contribution >= 4 is 23.2 Å². The molecule has 0 saturated heterocycles. The van der Waals surface area contributed by atoms with Crippen LogP contribution in [-0.4, -0.2) is 39.7 Å². The van der Waals surface area contributed by atoms with E-state index < -0.39 is 4.92 Å². The van der Waals surface area contributed by atoms with Crippen molar-refractivity contribution in [2.24, 2.45) is 7.05 Å². The van der Waals surface area contributed by atoms with Crippen LogP contribution in [-0.2, 0) is 13.6 Å². The van der Waals surface area contributed by atoms with Crippen molar-refractivity contribution in [3.05, 3.63) is 75.1 Å². The third-order valence-electron chi connectivity index (χ3n) is 4.27. The Morgan fingerprint density at radius 2 is 1.97 bits per heavy atom. The van der Waals surface area contributed by atoms with Crippen molar-refractivity contribution in [2.75, 3.05) is 14.2 Å². The first-order chi connectivity index (χ1) is 14.3. The highest BCUT2D eigenvalue weighted by atomic mass is 35.5. The number of nitro benzene ring substituents is 1. The molecule has 1 amide bonds. The minimum atomic E-state index is -0.584. The van der Waals surface area contributed by atoms with Gasteiger partial charge >= 0.3 is 5.69 Å². The number of rotatable bonds is 7. The third-order valence-corrected chi connectivity index (χ3v) is 4.51. The Labute approximate surface area is 177 Å². The molecule has 1 heterocycles. The number of aryl methyl sites for hydroxylation is 1. The molecule has 30 heavy (non-hydrogen) atoms. The molecule has 156 valence electrons. The number of hydrogen-bond acceptors (Lipinski definition) is 6. The first-order valence-corrected chi connectivity index (χ1v) is 9.19. The van der Waals surface area contributed by atoms with Crippen LogP contribution < -0.4 is 9.47 Å². The van der Waals surface area contributed by atoms with Crippen LogP contribution in [0.1, 0.15) is 15.9 Å². The predicted octanol–water partition coefficient (Wildman–Crippen LogP) is 4.05. The van der Waals surface area contributed by atoms with Gasteiger partial charge in [-0.2, -0.15) is 5.10 Å². The summed E-state index contributed by atoms with van der Waals surface area (Å²) in [5, 5.41) is 15.6. The van der Waals surface area contributed by atoms with E-state index in [1.54, 1.807) is 35.9 Å². The van der Waals surface area contributed by atoms with Crippen molar-refractivity contribution in [3.8, 4) is 17.2 Å². The SMILES string of the molecule is COc1cc(C(=O)N(C)Cc2cnn(C)c2)ccc1Oc1ccc(Cl)cc1[N+](=O)[O-]. The van der Waals surface area contributed by atoms with E-state index in [0.717, 1.165) is 5.56 Å².